The molecule has 7 heteroatoms. The standard InChI is InChI=1S/C16H25N5O2/c1-11-6-12(2)21(18-11)14-8-20(9-14)16(23)13-4-3-5-19(7-13)10-15(17)22/h6,13-14H,3-5,7-10H2,1-2H3,(H2,17,22)/t13-/m0/s1. The Kier molecular flexibility index (Phi) is 4.39. The summed E-state index contributed by atoms with van der Waals surface area (Å²) in [6.45, 7) is 7.23. The molecule has 0 spiro atoms. The second-order valence-corrected chi connectivity index (χ2v) is 6.81. The number of carbonyl (C=O) groups is 2. The van der Waals surface area contributed by atoms with Crippen LogP contribution in [0.4, 0.5) is 0 Å². The number of nitrogens with zero attached hydrogens (tertiary/aromatic N) is 4. The van der Waals surface area contributed by atoms with Gasteiger partial charge in [-0.25, -0.2) is 0 Å². The van der Waals surface area contributed by atoms with Crippen molar-refractivity contribution in [2.45, 2.75) is 32.7 Å². The number of hydrogen-bond donors (Lipinski definition) is 1. The number of piperidine rings is 1. The van der Waals surface area contributed by atoms with Crippen LogP contribution in [0.3, 0.4) is 0 Å². The fourth-order valence-corrected chi connectivity index (χ4v) is 3.68. The van der Waals surface area contributed by atoms with Crippen LogP contribution >= 0.6 is 0 Å². The Morgan fingerprint density at radius 2 is 2.04 bits per heavy atom. The normalized spacial score (nSPS) is 22.9. The van der Waals surface area contributed by atoms with E-state index in [1.807, 2.05) is 28.3 Å². The van der Waals surface area contributed by atoms with Gasteiger partial charge in [-0.3, -0.25) is 19.2 Å². The number of primary amides is 1. The van der Waals surface area contributed by atoms with E-state index in [-0.39, 0.29) is 30.3 Å². The summed E-state index contributed by atoms with van der Waals surface area (Å²) >= 11 is 0. The van der Waals surface area contributed by atoms with Gasteiger partial charge >= 0.3 is 0 Å². The van der Waals surface area contributed by atoms with Gasteiger partial charge in [0, 0.05) is 25.3 Å². The summed E-state index contributed by atoms with van der Waals surface area (Å²) in [6, 6.07) is 2.35. The third-order valence-corrected chi connectivity index (χ3v) is 4.80. The van der Waals surface area contributed by atoms with E-state index in [0.29, 0.717) is 6.54 Å². The van der Waals surface area contributed by atoms with Crippen LogP contribution in [0.5, 0.6) is 0 Å². The summed E-state index contributed by atoms with van der Waals surface area (Å²) in [5, 5.41) is 4.50. The molecule has 2 fully saturated rings. The quantitative estimate of drug-likeness (QED) is 0.852. The van der Waals surface area contributed by atoms with Crippen molar-refractivity contribution in [2.24, 2.45) is 11.7 Å². The van der Waals surface area contributed by atoms with Gasteiger partial charge in [0.25, 0.3) is 0 Å². The van der Waals surface area contributed by atoms with E-state index < -0.39 is 0 Å². The Morgan fingerprint density at radius 3 is 2.65 bits per heavy atom. The topological polar surface area (TPSA) is 84.5 Å². The fraction of sp³-hybridized carbons (Fsp3) is 0.688. The zero-order valence-electron chi connectivity index (χ0n) is 13.9. The molecular weight excluding hydrogens is 294 g/mol. The third-order valence-electron chi connectivity index (χ3n) is 4.80. The first-order chi connectivity index (χ1) is 10.9. The molecule has 3 rings (SSSR count). The van der Waals surface area contributed by atoms with Crippen LogP contribution in [0.15, 0.2) is 6.07 Å². The highest BCUT2D eigenvalue weighted by molar-refractivity contribution is 5.80. The van der Waals surface area contributed by atoms with Crippen molar-refractivity contribution in [2.75, 3.05) is 32.7 Å². The highest BCUT2D eigenvalue weighted by atomic mass is 16.2. The van der Waals surface area contributed by atoms with E-state index in [4.69, 9.17) is 5.73 Å². The van der Waals surface area contributed by atoms with Gasteiger partial charge in [-0.05, 0) is 39.3 Å². The molecule has 7 nitrogen and oxygen atoms in total. The smallest absolute Gasteiger partial charge is 0.231 e. The maximum absolute atomic E-state index is 12.6. The van der Waals surface area contributed by atoms with E-state index >= 15 is 0 Å². The second kappa shape index (κ2) is 6.31. The molecule has 126 valence electrons. The molecule has 23 heavy (non-hydrogen) atoms. The Morgan fingerprint density at radius 1 is 1.30 bits per heavy atom. The van der Waals surface area contributed by atoms with E-state index in [9.17, 15) is 9.59 Å². The Hall–Kier alpha value is -1.89. The average molecular weight is 319 g/mol. The monoisotopic (exact) mass is 319 g/mol. The molecule has 1 atom stereocenters. The van der Waals surface area contributed by atoms with Crippen molar-refractivity contribution in [3.63, 3.8) is 0 Å². The number of aryl methyl sites for hydroxylation is 2. The van der Waals surface area contributed by atoms with E-state index in [0.717, 1.165) is 43.9 Å². The molecule has 2 aliphatic heterocycles. The molecule has 3 heterocycles. The second-order valence-electron chi connectivity index (χ2n) is 6.81. The Balaban J connectivity index is 1.54. The average Bonchev–Trinajstić information content (AvgIpc) is 2.75. The largest absolute Gasteiger partial charge is 0.369 e. The summed E-state index contributed by atoms with van der Waals surface area (Å²) < 4.78 is 2.03. The summed E-state index contributed by atoms with van der Waals surface area (Å²) in [6.07, 6.45) is 1.84. The van der Waals surface area contributed by atoms with Gasteiger partial charge in [0.1, 0.15) is 0 Å². The van der Waals surface area contributed by atoms with Crippen LogP contribution in [-0.2, 0) is 9.59 Å². The lowest BCUT2D eigenvalue weighted by Gasteiger charge is -2.43. The molecule has 2 N–H and O–H groups in total. The molecule has 0 unspecified atom stereocenters. The van der Waals surface area contributed by atoms with E-state index in [2.05, 4.69) is 11.2 Å². The number of rotatable bonds is 4. The van der Waals surface area contributed by atoms with Gasteiger partial charge in [-0.2, -0.15) is 5.10 Å². The van der Waals surface area contributed by atoms with Crippen LogP contribution in [0.2, 0.25) is 0 Å². The molecule has 1 aromatic rings. The lowest BCUT2D eigenvalue weighted by atomic mass is 9.94. The molecular formula is C16H25N5O2. The Labute approximate surface area is 136 Å². The SMILES string of the molecule is Cc1cc(C)n(C2CN(C(=O)[C@H]3CCCN(CC(N)=O)C3)C2)n1. The molecule has 2 saturated heterocycles. The minimum absolute atomic E-state index is 0.00972. The number of aromatic nitrogens is 2. The van der Waals surface area contributed by atoms with Crippen molar-refractivity contribution >= 4 is 11.8 Å². The van der Waals surface area contributed by atoms with E-state index in [1.54, 1.807) is 0 Å². The van der Waals surface area contributed by atoms with Gasteiger partial charge in [-0.1, -0.05) is 0 Å². The van der Waals surface area contributed by atoms with Gasteiger partial charge in [0.15, 0.2) is 0 Å². The summed E-state index contributed by atoms with van der Waals surface area (Å²) in [4.78, 5) is 27.6. The number of nitrogens with two attached hydrogens (primary N) is 1. The van der Waals surface area contributed by atoms with Crippen molar-refractivity contribution in [3.05, 3.63) is 17.5 Å². The number of likely N-dealkylation sites (tertiary alicyclic amines) is 2. The van der Waals surface area contributed by atoms with Crippen LogP contribution in [0.25, 0.3) is 0 Å². The maximum Gasteiger partial charge on any atom is 0.231 e. The fourth-order valence-electron chi connectivity index (χ4n) is 3.68. The highest BCUT2D eigenvalue weighted by Gasteiger charge is 2.37. The van der Waals surface area contributed by atoms with Gasteiger partial charge in [-0.15, -0.1) is 0 Å². The van der Waals surface area contributed by atoms with Crippen molar-refractivity contribution < 1.29 is 9.59 Å². The predicted octanol–water partition coefficient (Wildman–Crippen LogP) is 0.0805. The maximum atomic E-state index is 12.6. The molecule has 2 aliphatic rings. The summed E-state index contributed by atoms with van der Waals surface area (Å²) in [5.41, 5.74) is 7.41. The first-order valence-corrected chi connectivity index (χ1v) is 8.26. The van der Waals surface area contributed by atoms with Crippen LogP contribution < -0.4 is 5.73 Å². The van der Waals surface area contributed by atoms with Crippen molar-refractivity contribution in [1.82, 2.24) is 19.6 Å². The molecule has 2 amide bonds. The molecule has 0 bridgehead atoms. The van der Waals surface area contributed by atoms with Crippen LogP contribution in [-0.4, -0.2) is 64.1 Å². The molecule has 0 aliphatic carbocycles. The molecule has 1 aromatic heterocycles. The van der Waals surface area contributed by atoms with Crippen molar-refractivity contribution in [3.8, 4) is 0 Å². The first kappa shape index (κ1) is 16.0. The first-order valence-electron chi connectivity index (χ1n) is 8.26. The lowest BCUT2D eigenvalue weighted by Crippen LogP contribution is -2.55. The molecule has 0 saturated carbocycles. The minimum Gasteiger partial charge on any atom is -0.369 e. The van der Waals surface area contributed by atoms with Crippen LogP contribution in [0, 0.1) is 19.8 Å². The zero-order valence-corrected chi connectivity index (χ0v) is 13.9. The lowest BCUT2D eigenvalue weighted by molar-refractivity contribution is -0.144. The zero-order chi connectivity index (χ0) is 16.6. The minimum atomic E-state index is -0.327. The number of amides is 2. The van der Waals surface area contributed by atoms with Crippen molar-refractivity contribution in [1.29, 1.82) is 0 Å². The summed E-state index contributed by atoms with van der Waals surface area (Å²) in [7, 11) is 0. The van der Waals surface area contributed by atoms with Gasteiger partial charge < -0.3 is 10.6 Å². The van der Waals surface area contributed by atoms with E-state index in [1.165, 1.54) is 0 Å². The predicted molar refractivity (Wildman–Crippen MR) is 85.7 cm³/mol. The Bertz CT molecular complexity index is 606. The number of carbonyl (C=O) groups excluding carboxylic acids is 2. The van der Waals surface area contributed by atoms with Crippen LogP contribution in [0.1, 0.15) is 30.3 Å². The highest BCUT2D eigenvalue weighted by Crippen LogP contribution is 2.27. The molecule has 0 radical (unpaired) electrons. The van der Waals surface area contributed by atoms with Gasteiger partial charge in [0.2, 0.25) is 11.8 Å². The summed E-state index contributed by atoms with van der Waals surface area (Å²) in [5.74, 6) is -0.131. The third kappa shape index (κ3) is 3.39. The molecule has 0 aromatic carbocycles. The number of hydrogen-bond acceptors (Lipinski definition) is 4. The van der Waals surface area contributed by atoms with Gasteiger partial charge in [0.05, 0.1) is 24.2 Å².